The molecule has 23 heavy (non-hydrogen) atoms. The van der Waals surface area contributed by atoms with Crippen molar-refractivity contribution in [3.05, 3.63) is 23.8 Å². The summed E-state index contributed by atoms with van der Waals surface area (Å²) < 4.78 is 4.87. The van der Waals surface area contributed by atoms with Gasteiger partial charge in [0.15, 0.2) is 6.61 Å². The molecule has 1 heterocycles. The van der Waals surface area contributed by atoms with Crippen molar-refractivity contribution in [3.63, 3.8) is 0 Å². The van der Waals surface area contributed by atoms with Crippen LogP contribution in [0.5, 0.6) is 11.5 Å². The van der Waals surface area contributed by atoms with E-state index in [9.17, 15) is 19.5 Å². The summed E-state index contributed by atoms with van der Waals surface area (Å²) in [5, 5.41) is 18.7. The molecule has 0 unspecified atom stereocenters. The average molecular weight is 322 g/mol. The second kappa shape index (κ2) is 6.99. The summed E-state index contributed by atoms with van der Waals surface area (Å²) in [5.74, 6) is -2.44. The summed E-state index contributed by atoms with van der Waals surface area (Å²) in [6.45, 7) is 0.309. The van der Waals surface area contributed by atoms with Gasteiger partial charge in [0, 0.05) is 25.1 Å². The maximum Gasteiger partial charge on any atom is 0.342 e. The fourth-order valence-corrected chi connectivity index (χ4v) is 2.40. The smallest absolute Gasteiger partial charge is 0.342 e. The van der Waals surface area contributed by atoms with Crippen molar-refractivity contribution in [2.45, 2.75) is 12.8 Å². The summed E-state index contributed by atoms with van der Waals surface area (Å²) in [6.07, 6.45) is 0.988. The first-order valence-electron chi connectivity index (χ1n) is 7.14. The summed E-state index contributed by atoms with van der Waals surface area (Å²) in [5.41, 5.74) is 5.09. The molecule has 2 amide bonds. The van der Waals surface area contributed by atoms with E-state index in [1.165, 1.54) is 17.0 Å². The van der Waals surface area contributed by atoms with Gasteiger partial charge in [-0.2, -0.15) is 0 Å². The quantitative estimate of drug-likeness (QED) is 0.668. The lowest BCUT2D eigenvalue weighted by Crippen LogP contribution is -2.43. The van der Waals surface area contributed by atoms with E-state index in [2.05, 4.69) is 0 Å². The Balaban J connectivity index is 1.85. The number of primary amides is 1. The van der Waals surface area contributed by atoms with Gasteiger partial charge in [0.2, 0.25) is 5.91 Å². The SMILES string of the molecule is NC(=O)C1CCN(C(=O)COC(=O)c2ccc(O)cc2O)CC1. The van der Waals surface area contributed by atoms with E-state index >= 15 is 0 Å². The lowest BCUT2D eigenvalue weighted by Gasteiger charge is -2.30. The minimum atomic E-state index is -0.858. The number of phenols is 2. The second-order valence-electron chi connectivity index (χ2n) is 5.34. The first-order valence-corrected chi connectivity index (χ1v) is 7.14. The summed E-state index contributed by atoms with van der Waals surface area (Å²) in [6, 6.07) is 3.44. The third kappa shape index (κ3) is 4.12. The highest BCUT2D eigenvalue weighted by Gasteiger charge is 2.26. The summed E-state index contributed by atoms with van der Waals surface area (Å²) in [7, 11) is 0. The van der Waals surface area contributed by atoms with Crippen molar-refractivity contribution >= 4 is 17.8 Å². The molecule has 1 aliphatic rings. The molecule has 0 radical (unpaired) electrons. The summed E-state index contributed by atoms with van der Waals surface area (Å²) >= 11 is 0. The zero-order chi connectivity index (χ0) is 17.0. The van der Waals surface area contributed by atoms with E-state index in [1.807, 2.05) is 0 Å². The number of esters is 1. The molecule has 124 valence electrons. The molecule has 1 aliphatic heterocycles. The van der Waals surface area contributed by atoms with Gasteiger partial charge in [0.1, 0.15) is 17.1 Å². The van der Waals surface area contributed by atoms with Crippen LogP contribution in [-0.2, 0) is 14.3 Å². The van der Waals surface area contributed by atoms with Gasteiger partial charge in [-0.15, -0.1) is 0 Å². The van der Waals surface area contributed by atoms with Gasteiger partial charge < -0.3 is 25.6 Å². The number of benzene rings is 1. The van der Waals surface area contributed by atoms with E-state index in [4.69, 9.17) is 15.6 Å². The van der Waals surface area contributed by atoms with Crippen LogP contribution in [0.15, 0.2) is 18.2 Å². The van der Waals surface area contributed by atoms with Gasteiger partial charge in [0.05, 0.1) is 0 Å². The molecular weight excluding hydrogens is 304 g/mol. The van der Waals surface area contributed by atoms with Gasteiger partial charge in [-0.1, -0.05) is 0 Å². The van der Waals surface area contributed by atoms with Crippen molar-refractivity contribution in [3.8, 4) is 11.5 Å². The normalized spacial score (nSPS) is 15.2. The Kier molecular flexibility index (Phi) is 5.05. The zero-order valence-electron chi connectivity index (χ0n) is 12.4. The molecule has 0 aromatic heterocycles. The first kappa shape index (κ1) is 16.6. The Labute approximate surface area is 132 Å². The van der Waals surface area contributed by atoms with Crippen LogP contribution >= 0.6 is 0 Å². The molecule has 0 atom stereocenters. The molecule has 8 nitrogen and oxygen atoms in total. The highest BCUT2D eigenvalue weighted by atomic mass is 16.5. The molecule has 4 N–H and O–H groups in total. The Bertz CT molecular complexity index is 622. The second-order valence-corrected chi connectivity index (χ2v) is 5.34. The molecule has 0 aliphatic carbocycles. The van der Waals surface area contributed by atoms with Crippen LogP contribution in [-0.4, -0.2) is 52.6 Å². The number of nitrogens with two attached hydrogens (primary N) is 1. The number of hydrogen-bond donors (Lipinski definition) is 3. The van der Waals surface area contributed by atoms with Gasteiger partial charge in [-0.3, -0.25) is 9.59 Å². The Morgan fingerprint density at radius 2 is 1.87 bits per heavy atom. The van der Waals surface area contributed by atoms with Crippen molar-refractivity contribution in [1.82, 2.24) is 4.90 Å². The Morgan fingerprint density at radius 1 is 1.22 bits per heavy atom. The van der Waals surface area contributed by atoms with Crippen LogP contribution in [0.1, 0.15) is 23.2 Å². The third-order valence-electron chi connectivity index (χ3n) is 3.78. The molecule has 0 spiro atoms. The zero-order valence-corrected chi connectivity index (χ0v) is 12.4. The fourth-order valence-electron chi connectivity index (χ4n) is 2.40. The van der Waals surface area contributed by atoms with Crippen molar-refractivity contribution in [2.24, 2.45) is 11.7 Å². The molecular formula is C15H18N2O6. The van der Waals surface area contributed by atoms with E-state index in [0.29, 0.717) is 25.9 Å². The standard InChI is InChI=1S/C15H18N2O6/c16-14(21)9-3-5-17(6-4-9)13(20)8-23-15(22)11-2-1-10(18)7-12(11)19/h1-2,7,9,18-19H,3-6,8H2,(H2,16,21). The Morgan fingerprint density at radius 3 is 2.43 bits per heavy atom. The number of piperidine rings is 1. The molecule has 1 aromatic carbocycles. The van der Waals surface area contributed by atoms with E-state index in [-0.39, 0.29) is 29.0 Å². The molecule has 1 aromatic rings. The number of carbonyl (C=O) groups is 3. The van der Waals surface area contributed by atoms with Crippen molar-refractivity contribution in [1.29, 1.82) is 0 Å². The van der Waals surface area contributed by atoms with Crippen LogP contribution in [0.3, 0.4) is 0 Å². The number of aromatic hydroxyl groups is 2. The predicted octanol–water partition coefficient (Wildman–Crippen LogP) is -0.0215. The minimum Gasteiger partial charge on any atom is -0.508 e. The number of phenolic OH excluding ortho intramolecular Hbond substituents is 2. The predicted molar refractivity (Wildman–Crippen MR) is 78.6 cm³/mol. The monoisotopic (exact) mass is 322 g/mol. The van der Waals surface area contributed by atoms with Crippen molar-refractivity contribution in [2.75, 3.05) is 19.7 Å². The number of carbonyl (C=O) groups excluding carboxylic acids is 3. The van der Waals surface area contributed by atoms with Gasteiger partial charge in [-0.25, -0.2) is 4.79 Å². The maximum absolute atomic E-state index is 12.0. The van der Waals surface area contributed by atoms with Gasteiger partial charge >= 0.3 is 5.97 Å². The number of rotatable bonds is 4. The number of ether oxygens (including phenoxy) is 1. The van der Waals surface area contributed by atoms with E-state index in [0.717, 1.165) is 6.07 Å². The highest BCUT2D eigenvalue weighted by molar-refractivity contribution is 5.94. The van der Waals surface area contributed by atoms with Gasteiger partial charge in [-0.05, 0) is 25.0 Å². The van der Waals surface area contributed by atoms with Crippen LogP contribution in [0.4, 0.5) is 0 Å². The third-order valence-corrected chi connectivity index (χ3v) is 3.78. The van der Waals surface area contributed by atoms with Crippen LogP contribution in [0, 0.1) is 5.92 Å². The molecule has 1 saturated heterocycles. The lowest BCUT2D eigenvalue weighted by molar-refractivity contribution is -0.137. The topological polar surface area (TPSA) is 130 Å². The number of likely N-dealkylation sites (tertiary alicyclic amines) is 1. The Hall–Kier alpha value is -2.77. The van der Waals surface area contributed by atoms with Crippen LogP contribution in [0.2, 0.25) is 0 Å². The average Bonchev–Trinajstić information content (AvgIpc) is 2.52. The summed E-state index contributed by atoms with van der Waals surface area (Å²) in [4.78, 5) is 36.4. The van der Waals surface area contributed by atoms with Gasteiger partial charge in [0.25, 0.3) is 5.91 Å². The molecule has 0 bridgehead atoms. The van der Waals surface area contributed by atoms with Crippen LogP contribution in [0.25, 0.3) is 0 Å². The van der Waals surface area contributed by atoms with E-state index in [1.54, 1.807) is 0 Å². The maximum atomic E-state index is 12.0. The fraction of sp³-hybridized carbons (Fsp3) is 0.400. The highest BCUT2D eigenvalue weighted by Crippen LogP contribution is 2.23. The molecule has 2 rings (SSSR count). The lowest BCUT2D eigenvalue weighted by atomic mass is 9.96. The van der Waals surface area contributed by atoms with Crippen molar-refractivity contribution < 1.29 is 29.3 Å². The van der Waals surface area contributed by atoms with Crippen LogP contribution < -0.4 is 5.73 Å². The first-order chi connectivity index (χ1) is 10.9. The number of amides is 2. The molecule has 0 saturated carbocycles. The van der Waals surface area contributed by atoms with E-state index < -0.39 is 18.3 Å². The molecule has 8 heteroatoms. The minimum absolute atomic E-state index is 0.136. The number of hydrogen-bond acceptors (Lipinski definition) is 6. The number of nitrogens with zero attached hydrogens (tertiary/aromatic N) is 1. The molecule has 1 fully saturated rings. The largest absolute Gasteiger partial charge is 0.508 e.